The van der Waals surface area contributed by atoms with Crippen molar-refractivity contribution < 1.29 is 13.2 Å². The molecule has 0 aromatic heterocycles. The number of hydrogen-bond donors (Lipinski definition) is 0. The maximum Gasteiger partial charge on any atom is 0.261 e. The first-order valence-corrected chi connectivity index (χ1v) is 6.70. The van der Waals surface area contributed by atoms with E-state index in [2.05, 4.69) is 0 Å². The summed E-state index contributed by atoms with van der Waals surface area (Å²) in [6, 6.07) is 6.46. The average Bonchev–Trinajstić information content (AvgIpc) is 2.69. The quantitative estimate of drug-likeness (QED) is 0.748. The minimum Gasteiger partial charge on any atom is -0.373 e. The van der Waals surface area contributed by atoms with Crippen LogP contribution >= 0.6 is 10.7 Å². The molecular formula is C10H9ClO3S. The van der Waals surface area contributed by atoms with Crippen LogP contribution in [0.3, 0.4) is 0 Å². The summed E-state index contributed by atoms with van der Waals surface area (Å²) in [7, 11) is 1.58. The Labute approximate surface area is 92.7 Å². The molecule has 0 radical (unpaired) electrons. The first-order valence-electron chi connectivity index (χ1n) is 4.39. The molecule has 1 aliphatic heterocycles. The van der Waals surface area contributed by atoms with Gasteiger partial charge < -0.3 is 4.74 Å². The lowest BCUT2D eigenvalue weighted by Gasteiger charge is -2.02. The Morgan fingerprint density at radius 2 is 1.87 bits per heavy atom. The third-order valence-electron chi connectivity index (χ3n) is 2.21. The summed E-state index contributed by atoms with van der Waals surface area (Å²) >= 11 is 0. The average molecular weight is 245 g/mol. The third kappa shape index (κ3) is 2.40. The summed E-state index contributed by atoms with van der Waals surface area (Å²) in [5.74, 6) is 0. The van der Waals surface area contributed by atoms with Gasteiger partial charge in [0.05, 0.1) is 18.1 Å². The zero-order valence-electron chi connectivity index (χ0n) is 7.81. The summed E-state index contributed by atoms with van der Waals surface area (Å²) in [4.78, 5) is 0.118. The monoisotopic (exact) mass is 244 g/mol. The molecule has 1 heterocycles. The van der Waals surface area contributed by atoms with Crippen LogP contribution in [0.4, 0.5) is 0 Å². The molecule has 3 nitrogen and oxygen atoms in total. The third-order valence-corrected chi connectivity index (χ3v) is 3.58. The van der Waals surface area contributed by atoms with Gasteiger partial charge in [0.1, 0.15) is 0 Å². The maximum absolute atomic E-state index is 11.0. The molecule has 0 spiro atoms. The highest BCUT2D eigenvalue weighted by atomic mass is 35.7. The van der Waals surface area contributed by atoms with Crippen molar-refractivity contribution in [2.75, 3.05) is 13.2 Å². The first kappa shape index (κ1) is 10.7. The summed E-state index contributed by atoms with van der Waals surface area (Å²) in [5, 5.41) is 0. The van der Waals surface area contributed by atoms with E-state index in [1.54, 1.807) is 12.1 Å². The van der Waals surface area contributed by atoms with Crippen LogP contribution < -0.4 is 0 Å². The van der Waals surface area contributed by atoms with Crippen LogP contribution in [0.25, 0.3) is 5.57 Å². The van der Waals surface area contributed by atoms with Crippen molar-refractivity contribution in [3.63, 3.8) is 0 Å². The van der Waals surface area contributed by atoms with Gasteiger partial charge in [0.25, 0.3) is 9.05 Å². The van der Waals surface area contributed by atoms with Gasteiger partial charge in [-0.15, -0.1) is 0 Å². The lowest BCUT2D eigenvalue weighted by atomic mass is 10.1. The predicted octanol–water partition coefficient (Wildman–Crippen LogP) is 2.03. The topological polar surface area (TPSA) is 43.4 Å². The van der Waals surface area contributed by atoms with Crippen molar-refractivity contribution in [3.05, 3.63) is 35.9 Å². The Morgan fingerprint density at radius 3 is 2.33 bits per heavy atom. The predicted molar refractivity (Wildman–Crippen MR) is 58.3 cm³/mol. The number of ether oxygens (including phenoxy) is 1. The highest BCUT2D eigenvalue weighted by Crippen LogP contribution is 2.22. The Morgan fingerprint density at radius 1 is 1.20 bits per heavy atom. The Balaban J connectivity index is 2.32. The van der Waals surface area contributed by atoms with E-state index in [0.717, 1.165) is 11.1 Å². The zero-order chi connectivity index (χ0) is 10.9. The molecule has 0 aliphatic carbocycles. The van der Waals surface area contributed by atoms with Crippen LogP contribution in [-0.4, -0.2) is 21.6 Å². The highest BCUT2D eigenvalue weighted by Gasteiger charge is 2.11. The van der Waals surface area contributed by atoms with E-state index in [0.29, 0.717) is 13.2 Å². The van der Waals surface area contributed by atoms with Crippen molar-refractivity contribution in [2.24, 2.45) is 0 Å². The second-order valence-electron chi connectivity index (χ2n) is 3.21. The van der Waals surface area contributed by atoms with Crippen molar-refractivity contribution in [1.82, 2.24) is 0 Å². The van der Waals surface area contributed by atoms with E-state index >= 15 is 0 Å². The van der Waals surface area contributed by atoms with Crippen LogP contribution in [0.5, 0.6) is 0 Å². The molecule has 5 heteroatoms. The molecule has 0 atom stereocenters. The van der Waals surface area contributed by atoms with E-state index in [1.807, 2.05) is 6.08 Å². The van der Waals surface area contributed by atoms with Gasteiger partial charge in [-0.25, -0.2) is 8.42 Å². The minimum absolute atomic E-state index is 0.118. The van der Waals surface area contributed by atoms with Gasteiger partial charge >= 0.3 is 0 Å². The maximum atomic E-state index is 11.0. The molecule has 80 valence electrons. The van der Waals surface area contributed by atoms with Crippen LogP contribution in [0.2, 0.25) is 0 Å². The molecule has 1 aromatic carbocycles. The summed E-state index contributed by atoms with van der Waals surface area (Å²) in [5.41, 5.74) is 2.05. The molecule has 2 rings (SSSR count). The van der Waals surface area contributed by atoms with Gasteiger partial charge in [0.15, 0.2) is 0 Å². The van der Waals surface area contributed by atoms with E-state index in [9.17, 15) is 8.42 Å². The largest absolute Gasteiger partial charge is 0.373 e. The fourth-order valence-corrected chi connectivity index (χ4v) is 2.19. The summed E-state index contributed by atoms with van der Waals surface area (Å²) in [6.45, 7) is 1.19. The van der Waals surface area contributed by atoms with Gasteiger partial charge in [-0.05, 0) is 23.3 Å². The first-order chi connectivity index (χ1) is 7.07. The van der Waals surface area contributed by atoms with Crippen LogP contribution in [0.1, 0.15) is 5.56 Å². The molecule has 0 N–H and O–H groups in total. The minimum atomic E-state index is -3.62. The van der Waals surface area contributed by atoms with E-state index in [-0.39, 0.29) is 4.90 Å². The summed E-state index contributed by atoms with van der Waals surface area (Å²) in [6.07, 6.45) is 1.98. The smallest absolute Gasteiger partial charge is 0.261 e. The van der Waals surface area contributed by atoms with Gasteiger partial charge in [0, 0.05) is 10.7 Å². The van der Waals surface area contributed by atoms with E-state index < -0.39 is 9.05 Å². The van der Waals surface area contributed by atoms with Crippen molar-refractivity contribution in [1.29, 1.82) is 0 Å². The van der Waals surface area contributed by atoms with E-state index in [1.165, 1.54) is 12.1 Å². The van der Waals surface area contributed by atoms with Crippen molar-refractivity contribution in [2.45, 2.75) is 4.90 Å². The zero-order valence-corrected chi connectivity index (χ0v) is 9.38. The number of hydrogen-bond acceptors (Lipinski definition) is 3. The standard InChI is InChI=1S/C10H9ClO3S/c11-15(12,13)10-3-1-8(2-4-10)9-5-6-14-7-9/h1-5H,6-7H2. The van der Waals surface area contributed by atoms with Crippen LogP contribution in [0, 0.1) is 0 Å². The molecule has 1 aromatic rings. The molecule has 0 fully saturated rings. The van der Waals surface area contributed by atoms with Crippen molar-refractivity contribution in [3.8, 4) is 0 Å². The normalized spacial score (nSPS) is 16.5. The van der Waals surface area contributed by atoms with Gasteiger partial charge in [-0.2, -0.15) is 0 Å². The summed E-state index contributed by atoms with van der Waals surface area (Å²) < 4.78 is 27.2. The van der Waals surface area contributed by atoms with Crippen LogP contribution in [-0.2, 0) is 13.8 Å². The second-order valence-corrected chi connectivity index (χ2v) is 5.77. The number of rotatable bonds is 2. The number of halogens is 1. The molecule has 1 aliphatic rings. The number of benzene rings is 1. The fraction of sp³-hybridized carbons (Fsp3) is 0.200. The molecule has 0 saturated heterocycles. The van der Waals surface area contributed by atoms with Gasteiger partial charge in [-0.1, -0.05) is 18.2 Å². The Hall–Kier alpha value is -0.840. The SMILES string of the molecule is O=S(=O)(Cl)c1ccc(C2=CCOC2)cc1. The Bertz CT molecular complexity index is 488. The fourth-order valence-electron chi connectivity index (χ4n) is 1.42. The van der Waals surface area contributed by atoms with Crippen LogP contribution in [0.15, 0.2) is 35.2 Å². The Kier molecular flexibility index (Phi) is 2.82. The van der Waals surface area contributed by atoms with Gasteiger partial charge in [-0.3, -0.25) is 0 Å². The highest BCUT2D eigenvalue weighted by molar-refractivity contribution is 8.13. The molecule has 0 unspecified atom stereocenters. The molecular weight excluding hydrogens is 236 g/mol. The van der Waals surface area contributed by atoms with Gasteiger partial charge in [0.2, 0.25) is 0 Å². The lowest BCUT2D eigenvalue weighted by Crippen LogP contribution is -1.92. The molecule has 0 bridgehead atoms. The lowest BCUT2D eigenvalue weighted by molar-refractivity contribution is 0.216. The van der Waals surface area contributed by atoms with Crippen molar-refractivity contribution >= 4 is 25.3 Å². The molecule has 0 amide bonds. The van der Waals surface area contributed by atoms with E-state index in [4.69, 9.17) is 15.4 Å². The molecule has 15 heavy (non-hydrogen) atoms. The second kappa shape index (κ2) is 3.96. The molecule has 0 saturated carbocycles.